The third kappa shape index (κ3) is 3.08. The van der Waals surface area contributed by atoms with Gasteiger partial charge in [-0.2, -0.15) is 0 Å². The van der Waals surface area contributed by atoms with Crippen LogP contribution in [0.15, 0.2) is 12.1 Å². The van der Waals surface area contributed by atoms with Gasteiger partial charge in [-0.25, -0.2) is 0 Å². The summed E-state index contributed by atoms with van der Waals surface area (Å²) >= 11 is 1.95. The van der Waals surface area contributed by atoms with Crippen LogP contribution in [0, 0.1) is 11.8 Å². The molecule has 2 heteroatoms. The summed E-state index contributed by atoms with van der Waals surface area (Å²) in [5.74, 6) is 1.91. The molecule has 1 heterocycles. The summed E-state index contributed by atoms with van der Waals surface area (Å²) in [4.78, 5) is 2.96. The second kappa shape index (κ2) is 4.50. The second-order valence-electron chi connectivity index (χ2n) is 6.12. The molecular formula is C14H23NS. The average Bonchev–Trinajstić information content (AvgIpc) is 2.69. The Bertz CT molecular complexity index is 348. The Morgan fingerprint density at radius 1 is 1.38 bits per heavy atom. The van der Waals surface area contributed by atoms with Crippen LogP contribution in [0.2, 0.25) is 0 Å². The average molecular weight is 237 g/mol. The van der Waals surface area contributed by atoms with Gasteiger partial charge in [0.15, 0.2) is 0 Å². The Hall–Kier alpha value is -0.340. The fourth-order valence-corrected chi connectivity index (χ4v) is 2.98. The minimum Gasteiger partial charge on any atom is -0.312 e. The first-order valence-corrected chi connectivity index (χ1v) is 7.08. The summed E-state index contributed by atoms with van der Waals surface area (Å²) in [6.45, 7) is 11.4. The van der Waals surface area contributed by atoms with Crippen molar-refractivity contribution < 1.29 is 0 Å². The van der Waals surface area contributed by atoms with Crippen LogP contribution in [0.1, 0.15) is 43.9 Å². The highest BCUT2D eigenvalue weighted by Crippen LogP contribution is 2.37. The van der Waals surface area contributed by atoms with Crippen LogP contribution in [0.25, 0.3) is 0 Å². The molecule has 2 unspecified atom stereocenters. The van der Waals surface area contributed by atoms with Crippen molar-refractivity contribution in [3.8, 4) is 0 Å². The van der Waals surface area contributed by atoms with E-state index in [4.69, 9.17) is 0 Å². The van der Waals surface area contributed by atoms with Crippen LogP contribution < -0.4 is 5.32 Å². The smallest absolute Gasteiger partial charge is 0.0299 e. The molecule has 0 radical (unpaired) electrons. The van der Waals surface area contributed by atoms with Gasteiger partial charge in [-0.15, -0.1) is 11.3 Å². The number of nitrogens with one attached hydrogen (secondary N) is 1. The summed E-state index contributed by atoms with van der Waals surface area (Å²) < 4.78 is 0. The van der Waals surface area contributed by atoms with Crippen molar-refractivity contribution >= 4 is 11.3 Å². The Morgan fingerprint density at radius 2 is 2.06 bits per heavy atom. The molecule has 2 rings (SSSR count). The van der Waals surface area contributed by atoms with Crippen LogP contribution in [0.3, 0.4) is 0 Å². The number of hydrogen-bond acceptors (Lipinski definition) is 2. The highest BCUT2D eigenvalue weighted by Gasteiger charge is 2.31. The van der Waals surface area contributed by atoms with E-state index in [0.29, 0.717) is 5.41 Å². The summed E-state index contributed by atoms with van der Waals surface area (Å²) in [5, 5.41) is 3.57. The van der Waals surface area contributed by atoms with Gasteiger partial charge in [-0.3, -0.25) is 0 Å². The van der Waals surface area contributed by atoms with Gasteiger partial charge in [0.25, 0.3) is 0 Å². The molecular weight excluding hydrogens is 214 g/mol. The predicted octanol–water partition coefficient (Wildman–Crippen LogP) is 3.79. The van der Waals surface area contributed by atoms with Crippen LogP contribution >= 0.6 is 11.3 Å². The van der Waals surface area contributed by atoms with Crippen LogP contribution in [0.5, 0.6) is 0 Å². The first kappa shape index (κ1) is 12.1. The highest BCUT2D eigenvalue weighted by atomic mass is 32.1. The number of rotatable bonds is 4. The molecule has 1 nitrogen and oxygen atoms in total. The zero-order chi connectivity index (χ0) is 11.8. The van der Waals surface area contributed by atoms with Crippen LogP contribution in [-0.2, 0) is 12.0 Å². The summed E-state index contributed by atoms with van der Waals surface area (Å²) in [5.41, 5.74) is 0.300. The quantitative estimate of drug-likeness (QED) is 0.840. The fraction of sp³-hybridized carbons (Fsp3) is 0.714. The van der Waals surface area contributed by atoms with E-state index in [9.17, 15) is 0 Å². The minimum absolute atomic E-state index is 0.300. The molecule has 16 heavy (non-hydrogen) atoms. The molecule has 1 aromatic heterocycles. The molecule has 90 valence electrons. The van der Waals surface area contributed by atoms with Crippen LogP contribution in [0.4, 0.5) is 0 Å². The molecule has 1 aromatic rings. The van der Waals surface area contributed by atoms with E-state index in [1.807, 2.05) is 11.3 Å². The Balaban J connectivity index is 1.79. The van der Waals surface area contributed by atoms with Gasteiger partial charge in [-0.1, -0.05) is 27.7 Å². The molecule has 0 spiro atoms. The van der Waals surface area contributed by atoms with Crippen molar-refractivity contribution in [3.05, 3.63) is 21.9 Å². The van der Waals surface area contributed by atoms with E-state index in [2.05, 4.69) is 45.1 Å². The zero-order valence-corrected chi connectivity index (χ0v) is 11.7. The van der Waals surface area contributed by atoms with Gasteiger partial charge in [-0.05, 0) is 42.3 Å². The van der Waals surface area contributed by atoms with Gasteiger partial charge >= 0.3 is 0 Å². The molecule has 1 saturated carbocycles. The zero-order valence-electron chi connectivity index (χ0n) is 10.8. The van der Waals surface area contributed by atoms with Crippen molar-refractivity contribution in [1.82, 2.24) is 5.32 Å². The molecule has 1 aliphatic carbocycles. The second-order valence-corrected chi connectivity index (χ2v) is 7.29. The van der Waals surface area contributed by atoms with Crippen molar-refractivity contribution in [3.63, 3.8) is 0 Å². The monoisotopic (exact) mass is 237 g/mol. The fourth-order valence-electron chi connectivity index (χ4n) is 1.94. The normalized spacial score (nSPS) is 24.8. The molecule has 0 saturated heterocycles. The molecule has 0 amide bonds. The lowest BCUT2D eigenvalue weighted by Crippen LogP contribution is -2.16. The molecule has 0 aromatic carbocycles. The first-order valence-electron chi connectivity index (χ1n) is 6.27. The van der Waals surface area contributed by atoms with Gasteiger partial charge in [0.1, 0.15) is 0 Å². The van der Waals surface area contributed by atoms with E-state index >= 15 is 0 Å². The van der Waals surface area contributed by atoms with Crippen LogP contribution in [-0.4, -0.2) is 6.54 Å². The first-order chi connectivity index (χ1) is 7.47. The lowest BCUT2D eigenvalue weighted by atomic mass is 9.95. The Morgan fingerprint density at radius 3 is 2.56 bits per heavy atom. The van der Waals surface area contributed by atoms with Gasteiger partial charge in [0.05, 0.1) is 0 Å². The molecule has 0 aliphatic heterocycles. The minimum atomic E-state index is 0.300. The maximum atomic E-state index is 3.57. The maximum absolute atomic E-state index is 3.57. The molecule has 1 aliphatic rings. The third-order valence-electron chi connectivity index (χ3n) is 3.38. The van der Waals surface area contributed by atoms with Crippen molar-refractivity contribution in [1.29, 1.82) is 0 Å². The summed E-state index contributed by atoms with van der Waals surface area (Å²) in [6.07, 6.45) is 1.42. The largest absolute Gasteiger partial charge is 0.312 e. The third-order valence-corrected chi connectivity index (χ3v) is 4.89. The summed E-state index contributed by atoms with van der Waals surface area (Å²) in [7, 11) is 0. The molecule has 2 atom stereocenters. The predicted molar refractivity (Wildman–Crippen MR) is 72.0 cm³/mol. The van der Waals surface area contributed by atoms with Crippen molar-refractivity contribution in [2.24, 2.45) is 11.8 Å². The molecule has 1 fully saturated rings. The van der Waals surface area contributed by atoms with E-state index in [-0.39, 0.29) is 0 Å². The number of hydrogen-bond donors (Lipinski definition) is 1. The SMILES string of the molecule is CC1CC1CNCc1ccc(C(C)(C)C)s1. The Kier molecular flexibility index (Phi) is 3.41. The van der Waals surface area contributed by atoms with E-state index < -0.39 is 0 Å². The molecule has 0 bridgehead atoms. The standard InChI is InChI=1S/C14H23NS/c1-10-7-11(10)8-15-9-12-5-6-13(16-12)14(2,3)4/h5-6,10-11,15H,7-9H2,1-4H3. The lowest BCUT2D eigenvalue weighted by molar-refractivity contribution is 0.604. The van der Waals surface area contributed by atoms with E-state index in [0.717, 1.165) is 18.4 Å². The van der Waals surface area contributed by atoms with Crippen molar-refractivity contribution in [2.75, 3.05) is 6.54 Å². The highest BCUT2D eigenvalue weighted by molar-refractivity contribution is 7.12. The van der Waals surface area contributed by atoms with Gasteiger partial charge in [0.2, 0.25) is 0 Å². The van der Waals surface area contributed by atoms with Gasteiger partial charge in [0, 0.05) is 16.3 Å². The van der Waals surface area contributed by atoms with E-state index in [1.54, 1.807) is 0 Å². The van der Waals surface area contributed by atoms with Crippen molar-refractivity contribution in [2.45, 2.75) is 46.1 Å². The summed E-state index contributed by atoms with van der Waals surface area (Å²) in [6, 6.07) is 4.55. The lowest BCUT2D eigenvalue weighted by Gasteiger charge is -2.15. The maximum Gasteiger partial charge on any atom is 0.0299 e. The number of thiophene rings is 1. The topological polar surface area (TPSA) is 12.0 Å². The van der Waals surface area contributed by atoms with E-state index in [1.165, 1.54) is 22.7 Å². The van der Waals surface area contributed by atoms with Gasteiger partial charge < -0.3 is 5.32 Å². The Labute approximate surface area is 103 Å². The molecule has 1 N–H and O–H groups in total.